The van der Waals surface area contributed by atoms with Crippen LogP contribution in [-0.4, -0.2) is 4.98 Å². The topological polar surface area (TPSA) is 35.3 Å². The van der Waals surface area contributed by atoms with Gasteiger partial charge in [0.15, 0.2) is 5.75 Å². The van der Waals surface area contributed by atoms with Crippen LogP contribution in [0.5, 0.6) is 5.75 Å². The molecule has 2 heterocycles. The smallest absolute Gasteiger partial charge is 0.152 e. The largest absolute Gasteiger partial charge is 0.486 e. The average Bonchev–Trinajstić information content (AvgIpc) is 2.87. The standard InChI is InChI=1S/C15H13NO2/c1-11-15(14-10-17-9-13(14)7-16-11)18-8-12-5-3-2-4-6-12/h2-7,9-10H,8H2,1H3. The first-order valence-corrected chi connectivity index (χ1v) is 5.83. The minimum atomic E-state index is 0.535. The summed E-state index contributed by atoms with van der Waals surface area (Å²) in [6.07, 6.45) is 5.17. The second-order valence-corrected chi connectivity index (χ2v) is 4.19. The highest BCUT2D eigenvalue weighted by Crippen LogP contribution is 2.29. The van der Waals surface area contributed by atoms with Crippen LogP contribution in [0.3, 0.4) is 0 Å². The summed E-state index contributed by atoms with van der Waals surface area (Å²) in [5.41, 5.74) is 2.01. The Balaban J connectivity index is 1.90. The van der Waals surface area contributed by atoms with E-state index in [1.807, 2.05) is 37.3 Å². The molecular formula is C15H13NO2. The number of pyridine rings is 1. The number of benzene rings is 1. The number of furan rings is 1. The Hall–Kier alpha value is -2.29. The van der Waals surface area contributed by atoms with Crippen LogP contribution in [0.15, 0.2) is 53.5 Å². The Morgan fingerprint density at radius 3 is 2.83 bits per heavy atom. The van der Waals surface area contributed by atoms with Crippen molar-refractivity contribution in [1.29, 1.82) is 0 Å². The molecule has 0 N–H and O–H groups in total. The van der Waals surface area contributed by atoms with Crippen molar-refractivity contribution in [2.24, 2.45) is 0 Å². The van der Waals surface area contributed by atoms with Gasteiger partial charge in [0.1, 0.15) is 12.9 Å². The SMILES string of the molecule is Cc1ncc2cocc2c1OCc1ccccc1. The molecule has 3 nitrogen and oxygen atoms in total. The van der Waals surface area contributed by atoms with Gasteiger partial charge >= 0.3 is 0 Å². The Labute approximate surface area is 105 Å². The van der Waals surface area contributed by atoms with Crippen LogP contribution in [0, 0.1) is 6.92 Å². The Bertz CT molecular complexity index is 659. The summed E-state index contributed by atoms with van der Waals surface area (Å²) < 4.78 is 11.1. The molecule has 0 unspecified atom stereocenters. The third kappa shape index (κ3) is 1.95. The minimum absolute atomic E-state index is 0.535. The fourth-order valence-electron chi connectivity index (χ4n) is 1.92. The van der Waals surface area contributed by atoms with E-state index < -0.39 is 0 Å². The van der Waals surface area contributed by atoms with Gasteiger partial charge in [0.25, 0.3) is 0 Å². The maximum atomic E-state index is 5.87. The van der Waals surface area contributed by atoms with E-state index in [0.717, 1.165) is 27.8 Å². The molecule has 0 aliphatic heterocycles. The van der Waals surface area contributed by atoms with Gasteiger partial charge in [-0.2, -0.15) is 0 Å². The lowest BCUT2D eigenvalue weighted by Crippen LogP contribution is -1.98. The summed E-state index contributed by atoms with van der Waals surface area (Å²) >= 11 is 0. The van der Waals surface area contributed by atoms with Crippen LogP contribution in [-0.2, 0) is 6.61 Å². The molecule has 0 bridgehead atoms. The lowest BCUT2D eigenvalue weighted by Gasteiger charge is -2.09. The van der Waals surface area contributed by atoms with Crippen molar-refractivity contribution in [2.75, 3.05) is 0 Å². The third-order valence-corrected chi connectivity index (χ3v) is 2.89. The first-order chi connectivity index (χ1) is 8.84. The van der Waals surface area contributed by atoms with Crippen molar-refractivity contribution in [1.82, 2.24) is 4.98 Å². The second kappa shape index (κ2) is 4.53. The zero-order valence-electron chi connectivity index (χ0n) is 10.1. The lowest BCUT2D eigenvalue weighted by molar-refractivity contribution is 0.306. The van der Waals surface area contributed by atoms with Crippen LogP contribution >= 0.6 is 0 Å². The van der Waals surface area contributed by atoms with E-state index in [9.17, 15) is 0 Å². The van der Waals surface area contributed by atoms with Gasteiger partial charge in [-0.3, -0.25) is 4.98 Å². The zero-order chi connectivity index (χ0) is 12.4. The number of rotatable bonds is 3. The van der Waals surface area contributed by atoms with Gasteiger partial charge in [-0.05, 0) is 12.5 Å². The summed E-state index contributed by atoms with van der Waals surface area (Å²) in [7, 11) is 0. The molecule has 0 saturated heterocycles. The molecule has 90 valence electrons. The molecular weight excluding hydrogens is 226 g/mol. The fourth-order valence-corrected chi connectivity index (χ4v) is 1.92. The van der Waals surface area contributed by atoms with Gasteiger partial charge < -0.3 is 9.15 Å². The molecule has 0 radical (unpaired) electrons. The molecule has 0 aliphatic rings. The highest BCUT2D eigenvalue weighted by molar-refractivity contribution is 5.87. The van der Waals surface area contributed by atoms with E-state index in [-0.39, 0.29) is 0 Å². The first kappa shape index (κ1) is 10.8. The van der Waals surface area contributed by atoms with Gasteiger partial charge in [0.2, 0.25) is 0 Å². The molecule has 0 atom stereocenters. The van der Waals surface area contributed by atoms with Crippen molar-refractivity contribution >= 4 is 10.8 Å². The Morgan fingerprint density at radius 1 is 1.17 bits per heavy atom. The molecule has 0 amide bonds. The zero-order valence-corrected chi connectivity index (χ0v) is 10.1. The van der Waals surface area contributed by atoms with Crippen LogP contribution in [0.1, 0.15) is 11.3 Å². The van der Waals surface area contributed by atoms with Crippen molar-refractivity contribution < 1.29 is 9.15 Å². The number of hydrogen-bond acceptors (Lipinski definition) is 3. The number of nitrogens with zero attached hydrogens (tertiary/aromatic N) is 1. The summed E-state index contributed by atoms with van der Waals surface area (Å²) in [6.45, 7) is 2.47. The van der Waals surface area contributed by atoms with Crippen LogP contribution in [0.4, 0.5) is 0 Å². The molecule has 2 aromatic heterocycles. The van der Waals surface area contributed by atoms with Crippen molar-refractivity contribution in [3.8, 4) is 5.75 Å². The minimum Gasteiger partial charge on any atom is -0.486 e. The highest BCUT2D eigenvalue weighted by Gasteiger charge is 2.09. The maximum absolute atomic E-state index is 5.87. The maximum Gasteiger partial charge on any atom is 0.152 e. The Morgan fingerprint density at radius 2 is 2.00 bits per heavy atom. The van der Waals surface area contributed by atoms with Crippen LogP contribution in [0.25, 0.3) is 10.8 Å². The molecule has 0 spiro atoms. The fraction of sp³-hybridized carbons (Fsp3) is 0.133. The summed E-state index contributed by atoms with van der Waals surface area (Å²) in [5.74, 6) is 0.796. The van der Waals surface area contributed by atoms with Crippen molar-refractivity contribution in [3.63, 3.8) is 0 Å². The Kier molecular flexibility index (Phi) is 2.73. The molecule has 3 rings (SSSR count). The summed E-state index contributed by atoms with van der Waals surface area (Å²) in [4.78, 5) is 4.31. The van der Waals surface area contributed by atoms with Gasteiger partial charge in [0.05, 0.1) is 17.3 Å². The van der Waals surface area contributed by atoms with Gasteiger partial charge in [0, 0.05) is 11.6 Å². The average molecular weight is 239 g/mol. The van der Waals surface area contributed by atoms with E-state index >= 15 is 0 Å². The molecule has 3 heteroatoms. The summed E-state index contributed by atoms with van der Waals surface area (Å²) in [6, 6.07) is 10.1. The number of aromatic nitrogens is 1. The summed E-state index contributed by atoms with van der Waals surface area (Å²) in [5, 5.41) is 1.93. The van der Waals surface area contributed by atoms with Gasteiger partial charge in [-0.15, -0.1) is 0 Å². The monoisotopic (exact) mass is 239 g/mol. The number of fused-ring (bicyclic) bond motifs is 1. The van der Waals surface area contributed by atoms with Crippen LogP contribution in [0.2, 0.25) is 0 Å². The predicted octanol–water partition coefficient (Wildman–Crippen LogP) is 3.72. The predicted molar refractivity (Wildman–Crippen MR) is 69.5 cm³/mol. The normalized spacial score (nSPS) is 10.7. The molecule has 1 aromatic carbocycles. The van der Waals surface area contributed by atoms with E-state index in [1.54, 1.807) is 18.7 Å². The molecule has 18 heavy (non-hydrogen) atoms. The van der Waals surface area contributed by atoms with E-state index in [4.69, 9.17) is 9.15 Å². The van der Waals surface area contributed by atoms with E-state index in [1.165, 1.54) is 0 Å². The van der Waals surface area contributed by atoms with Crippen molar-refractivity contribution in [2.45, 2.75) is 13.5 Å². The van der Waals surface area contributed by atoms with E-state index in [0.29, 0.717) is 6.61 Å². The first-order valence-electron chi connectivity index (χ1n) is 5.83. The second-order valence-electron chi connectivity index (χ2n) is 4.19. The van der Waals surface area contributed by atoms with Crippen LogP contribution < -0.4 is 4.74 Å². The molecule has 3 aromatic rings. The molecule has 0 fully saturated rings. The molecule has 0 aliphatic carbocycles. The van der Waals surface area contributed by atoms with Crippen molar-refractivity contribution in [3.05, 3.63) is 60.3 Å². The number of ether oxygens (including phenoxy) is 1. The van der Waals surface area contributed by atoms with Gasteiger partial charge in [-0.25, -0.2) is 0 Å². The quantitative estimate of drug-likeness (QED) is 0.698. The third-order valence-electron chi connectivity index (χ3n) is 2.89. The highest BCUT2D eigenvalue weighted by atomic mass is 16.5. The lowest BCUT2D eigenvalue weighted by atomic mass is 10.2. The number of hydrogen-bond donors (Lipinski definition) is 0. The number of aryl methyl sites for hydroxylation is 1. The molecule has 0 saturated carbocycles. The van der Waals surface area contributed by atoms with E-state index in [2.05, 4.69) is 4.98 Å². The van der Waals surface area contributed by atoms with Gasteiger partial charge in [-0.1, -0.05) is 30.3 Å².